The van der Waals surface area contributed by atoms with E-state index in [4.69, 9.17) is 9.88 Å². The summed E-state index contributed by atoms with van der Waals surface area (Å²) < 4.78 is 27.9. The van der Waals surface area contributed by atoms with Gasteiger partial charge < -0.3 is 4.74 Å². The first-order valence-corrected chi connectivity index (χ1v) is 7.69. The highest BCUT2D eigenvalue weighted by molar-refractivity contribution is 7.89. The first kappa shape index (κ1) is 14.0. The van der Waals surface area contributed by atoms with Gasteiger partial charge in [-0.3, -0.25) is 5.10 Å². The van der Waals surface area contributed by atoms with Crippen LogP contribution in [0, 0.1) is 12.8 Å². The van der Waals surface area contributed by atoms with E-state index in [-0.39, 0.29) is 16.3 Å². The Morgan fingerprint density at radius 1 is 1.47 bits per heavy atom. The van der Waals surface area contributed by atoms with Crippen molar-refractivity contribution in [2.24, 2.45) is 11.1 Å². The molecule has 0 aromatic carbocycles. The van der Waals surface area contributed by atoms with Crippen molar-refractivity contribution in [2.45, 2.75) is 37.5 Å². The van der Waals surface area contributed by atoms with Crippen LogP contribution in [0.2, 0.25) is 0 Å². The number of primary sulfonamides is 1. The molecule has 1 heterocycles. The number of hydrogen-bond donors (Lipinski definition) is 2. The average Bonchev–Trinajstić information content (AvgIpc) is 2.93. The Labute approximate surface area is 111 Å². The fourth-order valence-electron chi connectivity index (χ4n) is 2.34. The number of aromatic nitrogens is 2. The molecule has 1 fully saturated rings. The molecule has 7 nitrogen and oxygen atoms in total. The summed E-state index contributed by atoms with van der Waals surface area (Å²) in [5.74, 6) is -0.387. The van der Waals surface area contributed by atoms with Crippen molar-refractivity contribution in [3.8, 4) is 0 Å². The molecule has 0 saturated heterocycles. The largest absolute Gasteiger partial charge is 0.461 e. The number of nitrogens with one attached hydrogen (secondary N) is 1. The molecule has 0 bridgehead atoms. The minimum atomic E-state index is -4.00. The Morgan fingerprint density at radius 3 is 2.68 bits per heavy atom. The monoisotopic (exact) mass is 287 g/mol. The molecule has 0 aliphatic heterocycles. The maximum atomic E-state index is 11.9. The van der Waals surface area contributed by atoms with Gasteiger partial charge in [0.15, 0.2) is 5.69 Å². The molecule has 1 aromatic rings. The van der Waals surface area contributed by atoms with Crippen molar-refractivity contribution in [3.63, 3.8) is 0 Å². The lowest BCUT2D eigenvalue weighted by Gasteiger charge is -2.09. The molecule has 8 heteroatoms. The Morgan fingerprint density at radius 2 is 2.11 bits per heavy atom. The molecule has 19 heavy (non-hydrogen) atoms. The van der Waals surface area contributed by atoms with Crippen LogP contribution >= 0.6 is 0 Å². The minimum absolute atomic E-state index is 0.232. The third-order valence-electron chi connectivity index (χ3n) is 3.29. The zero-order chi connectivity index (χ0) is 14.0. The van der Waals surface area contributed by atoms with Crippen LogP contribution in [0.25, 0.3) is 0 Å². The summed E-state index contributed by atoms with van der Waals surface area (Å²) in [5.41, 5.74) is -0.0340. The molecule has 0 spiro atoms. The van der Waals surface area contributed by atoms with Gasteiger partial charge >= 0.3 is 5.97 Å². The summed E-state index contributed by atoms with van der Waals surface area (Å²) in [7, 11) is -4.00. The molecule has 0 radical (unpaired) electrons. The van der Waals surface area contributed by atoms with E-state index in [2.05, 4.69) is 10.2 Å². The van der Waals surface area contributed by atoms with E-state index in [1.807, 2.05) is 0 Å². The number of carbonyl (C=O) groups excluding carboxylic acids is 1. The summed E-state index contributed by atoms with van der Waals surface area (Å²) in [6.45, 7) is 1.79. The number of hydrogen-bond acceptors (Lipinski definition) is 5. The molecule has 106 valence electrons. The van der Waals surface area contributed by atoms with Gasteiger partial charge in [-0.25, -0.2) is 18.4 Å². The van der Waals surface area contributed by atoms with E-state index in [9.17, 15) is 13.2 Å². The summed E-state index contributed by atoms with van der Waals surface area (Å²) in [6.07, 6.45) is 4.36. The number of aryl methyl sites for hydroxylation is 1. The second-order valence-corrected chi connectivity index (χ2v) is 6.32. The number of sulfonamides is 1. The Kier molecular flexibility index (Phi) is 3.91. The molecular formula is C11H17N3O4S. The number of rotatable bonds is 4. The van der Waals surface area contributed by atoms with E-state index in [1.54, 1.807) is 0 Å². The highest BCUT2D eigenvalue weighted by atomic mass is 32.2. The summed E-state index contributed by atoms with van der Waals surface area (Å²) in [5, 5.41) is 11.2. The van der Waals surface area contributed by atoms with Crippen LogP contribution in [-0.2, 0) is 14.8 Å². The van der Waals surface area contributed by atoms with Crippen LogP contribution in [0.4, 0.5) is 0 Å². The number of H-pyrrole nitrogens is 1. The van der Waals surface area contributed by atoms with Crippen LogP contribution in [0.1, 0.15) is 41.9 Å². The minimum Gasteiger partial charge on any atom is -0.461 e. The molecule has 2 rings (SSSR count). The number of nitrogens with zero attached hydrogens (tertiary/aromatic N) is 1. The van der Waals surface area contributed by atoms with Gasteiger partial charge in [0.25, 0.3) is 0 Å². The highest BCUT2D eigenvalue weighted by Crippen LogP contribution is 2.25. The lowest BCUT2D eigenvalue weighted by Crippen LogP contribution is -2.19. The Hall–Kier alpha value is -1.41. The van der Waals surface area contributed by atoms with E-state index >= 15 is 0 Å². The van der Waals surface area contributed by atoms with Crippen LogP contribution in [0.15, 0.2) is 4.90 Å². The Bertz CT molecular complexity index is 573. The number of nitrogens with two attached hydrogens (primary N) is 1. The Balaban J connectivity index is 2.11. The number of esters is 1. The van der Waals surface area contributed by atoms with Gasteiger partial charge in [0.2, 0.25) is 10.0 Å². The van der Waals surface area contributed by atoms with Crippen LogP contribution in [0.3, 0.4) is 0 Å². The lowest BCUT2D eigenvalue weighted by atomic mass is 10.1. The highest BCUT2D eigenvalue weighted by Gasteiger charge is 2.27. The maximum Gasteiger partial charge on any atom is 0.360 e. The third-order valence-corrected chi connectivity index (χ3v) is 4.36. The molecule has 1 aromatic heterocycles. The van der Waals surface area contributed by atoms with Crippen LogP contribution < -0.4 is 5.14 Å². The van der Waals surface area contributed by atoms with Crippen molar-refractivity contribution in [1.82, 2.24) is 10.2 Å². The van der Waals surface area contributed by atoms with Crippen molar-refractivity contribution in [1.29, 1.82) is 0 Å². The fourth-order valence-corrected chi connectivity index (χ4v) is 3.22. The standard InChI is InChI=1S/C11H17N3O4S/c1-7-10(19(12,16)17)9(14-13-7)11(15)18-6-8-4-2-3-5-8/h8H,2-6H2,1H3,(H,13,14)(H2,12,16,17). The number of carbonyl (C=O) groups is 1. The van der Waals surface area contributed by atoms with E-state index < -0.39 is 16.0 Å². The van der Waals surface area contributed by atoms with E-state index in [1.165, 1.54) is 6.92 Å². The van der Waals surface area contributed by atoms with Gasteiger partial charge in [0.1, 0.15) is 4.90 Å². The zero-order valence-electron chi connectivity index (χ0n) is 10.7. The smallest absolute Gasteiger partial charge is 0.360 e. The van der Waals surface area contributed by atoms with Gasteiger partial charge in [0, 0.05) is 0 Å². The van der Waals surface area contributed by atoms with Gasteiger partial charge in [-0.2, -0.15) is 5.10 Å². The number of aromatic amines is 1. The molecule has 1 saturated carbocycles. The molecule has 0 amide bonds. The predicted octanol–water partition coefficient (Wildman–Crippen LogP) is 0.713. The summed E-state index contributed by atoms with van der Waals surface area (Å²) in [6, 6.07) is 0. The van der Waals surface area contributed by atoms with Gasteiger partial charge in [-0.05, 0) is 25.7 Å². The van der Waals surface area contributed by atoms with E-state index in [0.717, 1.165) is 25.7 Å². The molecule has 0 atom stereocenters. The van der Waals surface area contributed by atoms with Crippen LogP contribution in [-0.4, -0.2) is 31.2 Å². The van der Waals surface area contributed by atoms with Crippen molar-refractivity contribution in [3.05, 3.63) is 11.4 Å². The zero-order valence-corrected chi connectivity index (χ0v) is 11.5. The molecule has 3 N–H and O–H groups in total. The maximum absolute atomic E-state index is 11.9. The SMILES string of the molecule is Cc1[nH]nc(C(=O)OCC2CCCC2)c1S(N)(=O)=O. The fraction of sp³-hybridized carbons (Fsp3) is 0.636. The van der Waals surface area contributed by atoms with Gasteiger partial charge in [0.05, 0.1) is 12.3 Å². The second-order valence-electron chi connectivity index (χ2n) is 4.82. The van der Waals surface area contributed by atoms with Crippen LogP contribution in [0.5, 0.6) is 0 Å². The van der Waals surface area contributed by atoms with E-state index in [0.29, 0.717) is 12.5 Å². The first-order valence-electron chi connectivity index (χ1n) is 6.14. The normalized spacial score (nSPS) is 16.7. The number of ether oxygens (including phenoxy) is 1. The summed E-state index contributed by atoms with van der Waals surface area (Å²) >= 11 is 0. The van der Waals surface area contributed by atoms with Crippen molar-refractivity contribution in [2.75, 3.05) is 6.61 Å². The summed E-state index contributed by atoms with van der Waals surface area (Å²) in [4.78, 5) is 11.6. The van der Waals surface area contributed by atoms with Gasteiger partial charge in [-0.1, -0.05) is 12.8 Å². The topological polar surface area (TPSA) is 115 Å². The van der Waals surface area contributed by atoms with Crippen molar-refractivity contribution < 1.29 is 17.9 Å². The van der Waals surface area contributed by atoms with Gasteiger partial charge in [-0.15, -0.1) is 0 Å². The predicted molar refractivity (Wildman–Crippen MR) is 66.9 cm³/mol. The quantitative estimate of drug-likeness (QED) is 0.791. The first-order chi connectivity index (χ1) is 8.89. The second kappa shape index (κ2) is 5.30. The average molecular weight is 287 g/mol. The lowest BCUT2D eigenvalue weighted by molar-refractivity contribution is 0.0431. The van der Waals surface area contributed by atoms with Crippen molar-refractivity contribution >= 4 is 16.0 Å². The molecular weight excluding hydrogens is 270 g/mol. The molecule has 0 unspecified atom stereocenters. The molecule has 1 aliphatic rings. The molecule has 1 aliphatic carbocycles. The third kappa shape index (κ3) is 3.13.